The van der Waals surface area contributed by atoms with Gasteiger partial charge in [-0.05, 0) is 20.8 Å². The molecule has 0 unspecified atom stereocenters. The summed E-state index contributed by atoms with van der Waals surface area (Å²) in [7, 11) is 0. The highest BCUT2D eigenvalue weighted by Gasteiger charge is 2.08. The first-order valence-electron chi connectivity index (χ1n) is 5.93. The van der Waals surface area contributed by atoms with Crippen LogP contribution in [0.4, 0.5) is 11.9 Å². The van der Waals surface area contributed by atoms with Gasteiger partial charge in [-0.2, -0.15) is 15.0 Å². The van der Waals surface area contributed by atoms with Crippen molar-refractivity contribution in [3.05, 3.63) is 0 Å². The predicted octanol–water partition coefficient (Wildman–Crippen LogP) is -0.508. The number of nitrogens with zero attached hydrogens (tertiary/aromatic N) is 3. The topological polar surface area (TPSA) is 127 Å². The van der Waals surface area contributed by atoms with Crippen LogP contribution in [-0.4, -0.2) is 40.1 Å². The summed E-state index contributed by atoms with van der Waals surface area (Å²) in [5.74, 6) is 5.45. The maximum absolute atomic E-state index is 11.5. The van der Waals surface area contributed by atoms with Gasteiger partial charge in [0.2, 0.25) is 17.8 Å². The molecule has 1 amide bonds. The number of nitrogen functional groups attached to an aromatic ring is 1. The molecule has 0 fully saturated rings. The number of anilines is 2. The van der Waals surface area contributed by atoms with Crippen molar-refractivity contribution in [3.8, 4) is 6.01 Å². The quantitative estimate of drug-likeness (QED) is 0.385. The van der Waals surface area contributed by atoms with E-state index in [1.807, 2.05) is 20.8 Å². The van der Waals surface area contributed by atoms with Crippen molar-refractivity contribution >= 4 is 17.8 Å². The third-order valence-electron chi connectivity index (χ3n) is 1.87. The van der Waals surface area contributed by atoms with Gasteiger partial charge < -0.3 is 15.4 Å². The number of ether oxygens (including phenoxy) is 1. The van der Waals surface area contributed by atoms with E-state index in [0.29, 0.717) is 6.61 Å². The van der Waals surface area contributed by atoms with Crippen LogP contribution >= 0.6 is 0 Å². The van der Waals surface area contributed by atoms with Crippen LogP contribution < -0.4 is 26.6 Å². The third-order valence-corrected chi connectivity index (χ3v) is 1.87. The summed E-state index contributed by atoms with van der Waals surface area (Å²) in [6.07, 6.45) is 0. The molecule has 1 aromatic heterocycles. The Kier molecular flexibility index (Phi) is 5.73. The maximum Gasteiger partial charge on any atom is 0.323 e. The smallest absolute Gasteiger partial charge is 0.323 e. The Labute approximate surface area is 111 Å². The van der Waals surface area contributed by atoms with Crippen LogP contribution in [0.25, 0.3) is 0 Å². The lowest BCUT2D eigenvalue weighted by molar-refractivity contribution is -0.119. The van der Waals surface area contributed by atoms with E-state index < -0.39 is 0 Å². The molecule has 1 heterocycles. The number of aromatic nitrogens is 3. The molecule has 0 aliphatic heterocycles. The minimum Gasteiger partial charge on any atom is -0.464 e. The van der Waals surface area contributed by atoms with E-state index in [1.54, 1.807) is 0 Å². The number of hydrogen-bond acceptors (Lipinski definition) is 8. The number of hydrazine groups is 1. The molecule has 9 heteroatoms. The Morgan fingerprint density at radius 1 is 1.32 bits per heavy atom. The van der Waals surface area contributed by atoms with Gasteiger partial charge in [-0.15, -0.1) is 0 Å². The zero-order valence-corrected chi connectivity index (χ0v) is 11.2. The minimum atomic E-state index is -0.157. The summed E-state index contributed by atoms with van der Waals surface area (Å²) < 4.78 is 5.16. The normalized spacial score (nSPS) is 10.2. The summed E-state index contributed by atoms with van der Waals surface area (Å²) in [6, 6.07) is 0.213. The number of amides is 1. The Morgan fingerprint density at radius 2 is 2.00 bits per heavy atom. The van der Waals surface area contributed by atoms with E-state index in [0.717, 1.165) is 0 Å². The highest BCUT2D eigenvalue weighted by atomic mass is 16.5. The Hall–Kier alpha value is -2.16. The number of nitrogens with one attached hydrogen (secondary N) is 3. The number of hydrogen-bond donors (Lipinski definition) is 4. The highest BCUT2D eigenvalue weighted by molar-refractivity contribution is 5.80. The number of rotatable bonds is 7. The second-order valence-electron chi connectivity index (χ2n) is 3.92. The molecule has 19 heavy (non-hydrogen) atoms. The first kappa shape index (κ1) is 14.9. The van der Waals surface area contributed by atoms with Crippen LogP contribution in [0, 0.1) is 0 Å². The number of nitrogens with two attached hydrogens (primary N) is 1. The molecule has 1 rings (SSSR count). The standard InChI is InChI=1S/C10H19N7O2/c1-4-19-10-15-8(14-9(16-10)17-11)12-5-7(18)13-6(2)3/h6H,4-5,11H2,1-3H3,(H,13,18)(H2,12,14,15,16,17). The molecule has 0 atom stereocenters. The second kappa shape index (κ2) is 7.31. The summed E-state index contributed by atoms with van der Waals surface area (Å²) in [6.45, 7) is 6.04. The van der Waals surface area contributed by atoms with Gasteiger partial charge in [0.05, 0.1) is 13.2 Å². The first-order chi connectivity index (χ1) is 9.05. The number of carbonyl (C=O) groups excluding carboxylic acids is 1. The van der Waals surface area contributed by atoms with Crippen molar-refractivity contribution in [2.24, 2.45) is 5.84 Å². The largest absolute Gasteiger partial charge is 0.464 e. The van der Waals surface area contributed by atoms with E-state index >= 15 is 0 Å². The monoisotopic (exact) mass is 269 g/mol. The SMILES string of the molecule is CCOc1nc(NN)nc(NCC(=O)NC(C)C)n1. The Morgan fingerprint density at radius 3 is 2.58 bits per heavy atom. The minimum absolute atomic E-state index is 0.0533. The lowest BCUT2D eigenvalue weighted by atomic mass is 10.4. The fourth-order valence-corrected chi connectivity index (χ4v) is 1.23. The van der Waals surface area contributed by atoms with E-state index in [1.165, 1.54) is 0 Å². The van der Waals surface area contributed by atoms with Crippen LogP contribution in [0.2, 0.25) is 0 Å². The fourth-order valence-electron chi connectivity index (χ4n) is 1.23. The van der Waals surface area contributed by atoms with Gasteiger partial charge in [0.1, 0.15) is 0 Å². The summed E-state index contributed by atoms with van der Waals surface area (Å²) >= 11 is 0. The first-order valence-corrected chi connectivity index (χ1v) is 5.93. The zero-order chi connectivity index (χ0) is 14.3. The molecular formula is C10H19N7O2. The fraction of sp³-hybridized carbons (Fsp3) is 0.600. The predicted molar refractivity (Wildman–Crippen MR) is 70.6 cm³/mol. The van der Waals surface area contributed by atoms with Crippen molar-refractivity contribution in [1.29, 1.82) is 0 Å². The summed E-state index contributed by atoms with van der Waals surface area (Å²) in [5.41, 5.74) is 2.30. The van der Waals surface area contributed by atoms with Crippen LogP contribution in [-0.2, 0) is 4.79 Å². The maximum atomic E-state index is 11.5. The lowest BCUT2D eigenvalue weighted by Gasteiger charge is -2.10. The molecule has 0 aromatic carbocycles. The average Bonchev–Trinajstić information content (AvgIpc) is 2.35. The van der Waals surface area contributed by atoms with Gasteiger partial charge in [0.25, 0.3) is 0 Å². The van der Waals surface area contributed by atoms with E-state index in [9.17, 15) is 4.79 Å². The van der Waals surface area contributed by atoms with Gasteiger partial charge in [-0.3, -0.25) is 10.2 Å². The van der Waals surface area contributed by atoms with Crippen molar-refractivity contribution in [1.82, 2.24) is 20.3 Å². The molecule has 0 radical (unpaired) electrons. The van der Waals surface area contributed by atoms with Crippen LogP contribution in [0.3, 0.4) is 0 Å². The van der Waals surface area contributed by atoms with Gasteiger partial charge in [-0.1, -0.05) is 0 Å². The highest BCUT2D eigenvalue weighted by Crippen LogP contribution is 2.09. The van der Waals surface area contributed by atoms with Crippen LogP contribution in [0.15, 0.2) is 0 Å². The van der Waals surface area contributed by atoms with E-state index in [4.69, 9.17) is 10.6 Å². The van der Waals surface area contributed by atoms with E-state index in [-0.39, 0.29) is 36.4 Å². The van der Waals surface area contributed by atoms with Crippen LogP contribution in [0.5, 0.6) is 6.01 Å². The molecule has 106 valence electrons. The molecule has 0 saturated heterocycles. The van der Waals surface area contributed by atoms with Gasteiger partial charge in [0.15, 0.2) is 0 Å². The van der Waals surface area contributed by atoms with Gasteiger partial charge in [-0.25, -0.2) is 5.84 Å². The van der Waals surface area contributed by atoms with Crippen molar-refractivity contribution < 1.29 is 9.53 Å². The molecular weight excluding hydrogens is 250 g/mol. The average molecular weight is 269 g/mol. The van der Waals surface area contributed by atoms with Crippen molar-refractivity contribution in [3.63, 3.8) is 0 Å². The Bertz CT molecular complexity index is 424. The molecule has 1 aromatic rings. The van der Waals surface area contributed by atoms with Crippen molar-refractivity contribution in [2.75, 3.05) is 23.9 Å². The van der Waals surface area contributed by atoms with Crippen molar-refractivity contribution in [2.45, 2.75) is 26.8 Å². The molecule has 0 saturated carbocycles. The third kappa shape index (κ3) is 5.34. The summed E-state index contributed by atoms with van der Waals surface area (Å²) in [4.78, 5) is 23.3. The molecule has 0 aliphatic carbocycles. The van der Waals surface area contributed by atoms with Crippen LogP contribution in [0.1, 0.15) is 20.8 Å². The molecule has 0 bridgehead atoms. The zero-order valence-electron chi connectivity index (χ0n) is 11.2. The number of carbonyl (C=O) groups is 1. The molecule has 9 nitrogen and oxygen atoms in total. The second-order valence-corrected chi connectivity index (χ2v) is 3.92. The Balaban J connectivity index is 2.66. The van der Waals surface area contributed by atoms with Gasteiger partial charge in [0, 0.05) is 6.04 Å². The molecule has 5 N–H and O–H groups in total. The van der Waals surface area contributed by atoms with Gasteiger partial charge >= 0.3 is 6.01 Å². The lowest BCUT2D eigenvalue weighted by Crippen LogP contribution is -2.35. The molecule has 0 spiro atoms. The summed E-state index contributed by atoms with van der Waals surface area (Å²) in [5, 5.41) is 5.51. The molecule has 0 aliphatic rings. The van der Waals surface area contributed by atoms with E-state index in [2.05, 4.69) is 31.0 Å².